The molecule has 0 saturated heterocycles. The summed E-state index contributed by atoms with van der Waals surface area (Å²) in [5.41, 5.74) is 0.870. The molecule has 1 fully saturated rings. The molecule has 1 N–H and O–H groups in total. The minimum atomic E-state index is -0.0477. The summed E-state index contributed by atoms with van der Waals surface area (Å²) in [5, 5.41) is 8.77. The van der Waals surface area contributed by atoms with Gasteiger partial charge >= 0.3 is 0 Å². The summed E-state index contributed by atoms with van der Waals surface area (Å²) in [6.07, 6.45) is 2.30. The van der Waals surface area contributed by atoms with Gasteiger partial charge < -0.3 is 5.11 Å². The molecule has 0 aliphatic heterocycles. The van der Waals surface area contributed by atoms with E-state index in [9.17, 15) is 4.79 Å². The van der Waals surface area contributed by atoms with Crippen LogP contribution in [0.4, 0.5) is 0 Å². The van der Waals surface area contributed by atoms with Crippen molar-refractivity contribution in [3.05, 3.63) is 27.9 Å². The molecule has 76 valence electrons. The zero-order valence-corrected chi connectivity index (χ0v) is 8.23. The molecular formula is C10H14N2O2. The van der Waals surface area contributed by atoms with Crippen molar-refractivity contribution in [2.24, 2.45) is 0 Å². The van der Waals surface area contributed by atoms with Gasteiger partial charge in [-0.05, 0) is 19.8 Å². The Kier molecular flexibility index (Phi) is 2.37. The smallest absolute Gasteiger partial charge is 0.253 e. The molecule has 1 aromatic heterocycles. The van der Waals surface area contributed by atoms with Gasteiger partial charge in [0.15, 0.2) is 0 Å². The Bertz CT molecular complexity index is 394. The second-order valence-corrected chi connectivity index (χ2v) is 3.72. The molecule has 1 aromatic rings. The van der Waals surface area contributed by atoms with Crippen LogP contribution in [0.1, 0.15) is 30.3 Å². The Morgan fingerprint density at radius 1 is 1.64 bits per heavy atom. The van der Waals surface area contributed by atoms with E-state index in [-0.39, 0.29) is 12.2 Å². The van der Waals surface area contributed by atoms with Crippen molar-refractivity contribution in [2.45, 2.75) is 32.2 Å². The average Bonchev–Trinajstić information content (AvgIpc) is 2.93. The molecule has 0 aromatic carbocycles. The van der Waals surface area contributed by atoms with Crippen LogP contribution in [0.25, 0.3) is 0 Å². The van der Waals surface area contributed by atoms with Crippen molar-refractivity contribution in [3.63, 3.8) is 0 Å². The number of aliphatic hydroxyl groups excluding tert-OH is 1. The molecule has 1 heterocycles. The first-order chi connectivity index (χ1) is 6.72. The lowest BCUT2D eigenvalue weighted by atomic mass is 10.3. The van der Waals surface area contributed by atoms with E-state index in [1.54, 1.807) is 6.07 Å². The second-order valence-electron chi connectivity index (χ2n) is 3.72. The molecule has 0 spiro atoms. The molecule has 4 nitrogen and oxygen atoms in total. The number of hydrogen-bond acceptors (Lipinski definition) is 3. The lowest BCUT2D eigenvalue weighted by molar-refractivity contribution is 0.272. The minimum absolute atomic E-state index is 0.0226. The van der Waals surface area contributed by atoms with Gasteiger partial charge in [-0.1, -0.05) is 0 Å². The molecule has 2 rings (SSSR count). The molecule has 0 atom stereocenters. The van der Waals surface area contributed by atoms with Crippen molar-refractivity contribution in [1.82, 2.24) is 9.55 Å². The second kappa shape index (κ2) is 3.53. The molecule has 0 unspecified atom stereocenters. The summed E-state index contributed by atoms with van der Waals surface area (Å²) >= 11 is 0. The fourth-order valence-corrected chi connectivity index (χ4v) is 1.60. The highest BCUT2D eigenvalue weighted by Crippen LogP contribution is 2.38. The molecule has 0 bridgehead atoms. The van der Waals surface area contributed by atoms with Gasteiger partial charge in [-0.25, -0.2) is 4.98 Å². The van der Waals surface area contributed by atoms with Gasteiger partial charge in [-0.15, -0.1) is 0 Å². The third kappa shape index (κ3) is 1.70. The summed E-state index contributed by atoms with van der Waals surface area (Å²) in [6.45, 7) is 2.12. The zero-order chi connectivity index (χ0) is 10.1. The number of nitrogens with zero attached hydrogens (tertiary/aromatic N) is 2. The van der Waals surface area contributed by atoms with Crippen LogP contribution in [0.15, 0.2) is 10.9 Å². The minimum Gasteiger partial charge on any atom is -0.395 e. The summed E-state index contributed by atoms with van der Waals surface area (Å²) in [7, 11) is 0. The average molecular weight is 194 g/mol. The highest BCUT2D eigenvalue weighted by molar-refractivity contribution is 5.14. The van der Waals surface area contributed by atoms with Gasteiger partial charge in [0.2, 0.25) is 0 Å². The van der Waals surface area contributed by atoms with E-state index in [4.69, 9.17) is 5.11 Å². The first-order valence-corrected chi connectivity index (χ1v) is 4.91. The molecule has 1 saturated carbocycles. The first kappa shape index (κ1) is 9.40. The quantitative estimate of drug-likeness (QED) is 0.758. The van der Waals surface area contributed by atoms with E-state index in [0.29, 0.717) is 18.3 Å². The van der Waals surface area contributed by atoms with Crippen molar-refractivity contribution in [1.29, 1.82) is 0 Å². The van der Waals surface area contributed by atoms with Gasteiger partial charge in [-0.3, -0.25) is 9.36 Å². The first-order valence-electron chi connectivity index (χ1n) is 4.91. The Morgan fingerprint density at radius 2 is 2.36 bits per heavy atom. The van der Waals surface area contributed by atoms with Crippen LogP contribution in [0.5, 0.6) is 0 Å². The topological polar surface area (TPSA) is 55.1 Å². The van der Waals surface area contributed by atoms with Crippen molar-refractivity contribution in [2.75, 3.05) is 6.61 Å². The van der Waals surface area contributed by atoms with Crippen LogP contribution >= 0.6 is 0 Å². The number of aryl methyl sites for hydroxylation is 1. The Morgan fingerprint density at radius 3 is 2.86 bits per heavy atom. The molecule has 1 aliphatic carbocycles. The summed E-state index contributed by atoms with van der Waals surface area (Å²) in [6, 6.07) is 1.60. The maximum absolute atomic E-state index is 11.6. The van der Waals surface area contributed by atoms with E-state index >= 15 is 0 Å². The van der Waals surface area contributed by atoms with Gasteiger partial charge in [0.05, 0.1) is 18.8 Å². The molecule has 0 amide bonds. The monoisotopic (exact) mass is 194 g/mol. The summed E-state index contributed by atoms with van der Waals surface area (Å²) < 4.78 is 1.51. The number of rotatable bonds is 3. The van der Waals surface area contributed by atoms with E-state index in [1.807, 2.05) is 6.92 Å². The van der Waals surface area contributed by atoms with Crippen LogP contribution < -0.4 is 5.56 Å². The fourth-order valence-electron chi connectivity index (χ4n) is 1.60. The highest BCUT2D eigenvalue weighted by Gasteiger charge is 2.25. The SMILES string of the molecule is Cc1nc(C2CC2)cc(=O)n1CCO. The van der Waals surface area contributed by atoms with Crippen LogP contribution in [0.3, 0.4) is 0 Å². The predicted molar refractivity (Wildman–Crippen MR) is 52.3 cm³/mol. The van der Waals surface area contributed by atoms with Crippen molar-refractivity contribution < 1.29 is 5.11 Å². The van der Waals surface area contributed by atoms with Crippen molar-refractivity contribution in [3.8, 4) is 0 Å². The van der Waals surface area contributed by atoms with Crippen LogP contribution in [0.2, 0.25) is 0 Å². The number of hydrogen-bond donors (Lipinski definition) is 1. The summed E-state index contributed by atoms with van der Waals surface area (Å²) in [5.74, 6) is 1.21. The molecule has 0 radical (unpaired) electrons. The summed E-state index contributed by atoms with van der Waals surface area (Å²) in [4.78, 5) is 16.0. The lowest BCUT2D eigenvalue weighted by Gasteiger charge is -2.08. The fraction of sp³-hybridized carbons (Fsp3) is 0.600. The maximum atomic E-state index is 11.6. The van der Waals surface area contributed by atoms with Gasteiger partial charge in [0.1, 0.15) is 5.82 Å². The molecule has 4 heteroatoms. The van der Waals surface area contributed by atoms with Crippen LogP contribution in [-0.4, -0.2) is 21.3 Å². The van der Waals surface area contributed by atoms with Crippen molar-refractivity contribution >= 4 is 0 Å². The van der Waals surface area contributed by atoms with E-state index in [2.05, 4.69) is 4.98 Å². The Balaban J connectivity index is 2.39. The number of aromatic nitrogens is 2. The maximum Gasteiger partial charge on any atom is 0.253 e. The van der Waals surface area contributed by atoms with E-state index in [0.717, 1.165) is 18.5 Å². The largest absolute Gasteiger partial charge is 0.395 e. The van der Waals surface area contributed by atoms with Crippen LogP contribution in [0, 0.1) is 6.92 Å². The predicted octanol–water partition coefficient (Wildman–Crippen LogP) is 0.421. The standard InChI is InChI=1S/C10H14N2O2/c1-7-11-9(8-2-3-8)6-10(14)12(7)4-5-13/h6,8,13H,2-5H2,1H3. The Hall–Kier alpha value is -1.16. The molecule has 1 aliphatic rings. The van der Waals surface area contributed by atoms with Crippen LogP contribution in [-0.2, 0) is 6.54 Å². The van der Waals surface area contributed by atoms with E-state index in [1.165, 1.54) is 4.57 Å². The normalized spacial score (nSPS) is 15.9. The third-order valence-electron chi connectivity index (χ3n) is 2.54. The van der Waals surface area contributed by atoms with Gasteiger partial charge in [-0.2, -0.15) is 0 Å². The lowest BCUT2D eigenvalue weighted by Crippen LogP contribution is -2.25. The molecular weight excluding hydrogens is 180 g/mol. The highest BCUT2D eigenvalue weighted by atomic mass is 16.3. The van der Waals surface area contributed by atoms with E-state index < -0.39 is 0 Å². The molecule has 14 heavy (non-hydrogen) atoms. The number of aliphatic hydroxyl groups is 1. The third-order valence-corrected chi connectivity index (χ3v) is 2.54. The Labute approximate surface area is 82.2 Å². The zero-order valence-electron chi connectivity index (χ0n) is 8.23. The van der Waals surface area contributed by atoms with Gasteiger partial charge in [0, 0.05) is 12.0 Å². The van der Waals surface area contributed by atoms with Gasteiger partial charge in [0.25, 0.3) is 5.56 Å².